The molecule has 0 aliphatic rings. The van der Waals surface area contributed by atoms with E-state index in [1.54, 1.807) is 0 Å². The number of halogens is 11. The van der Waals surface area contributed by atoms with Crippen molar-refractivity contribution in [1.29, 1.82) is 0 Å². The first-order valence-corrected chi connectivity index (χ1v) is 13.6. The zero-order chi connectivity index (χ0) is 37.9. The highest BCUT2D eigenvalue weighted by atomic mass is 35.5. The van der Waals surface area contributed by atoms with E-state index in [1.807, 2.05) is 0 Å². The number of rotatable bonds is 8. The Balaban J connectivity index is 0.000000270. The molecule has 22 heteroatoms. The smallest absolute Gasteiger partial charge is 0.416 e. The van der Waals surface area contributed by atoms with E-state index in [4.69, 9.17) is 49.4 Å². The van der Waals surface area contributed by atoms with Crippen molar-refractivity contribution >= 4 is 57.4 Å². The van der Waals surface area contributed by atoms with Gasteiger partial charge in [-0.15, -0.1) is 0 Å². The van der Waals surface area contributed by atoms with Crippen molar-refractivity contribution in [3.05, 3.63) is 125 Å². The van der Waals surface area contributed by atoms with Gasteiger partial charge < -0.3 is 14.6 Å². The Morgan fingerprint density at radius 3 is 1.32 bits per heavy atom. The maximum Gasteiger partial charge on any atom is 0.416 e. The summed E-state index contributed by atoms with van der Waals surface area (Å²) in [5.41, 5.74) is -5.29. The molecule has 0 unspecified atom stereocenters. The van der Waals surface area contributed by atoms with Crippen LogP contribution >= 0.6 is 34.8 Å². The maximum atomic E-state index is 13.9. The van der Waals surface area contributed by atoms with Crippen LogP contribution in [0.25, 0.3) is 0 Å². The molecule has 0 spiro atoms. The average Bonchev–Trinajstić information content (AvgIpc) is 2.99. The Bertz CT molecular complexity index is 1840. The molecule has 0 atom stereocenters. The van der Waals surface area contributed by atoms with Gasteiger partial charge in [-0.25, -0.2) is 13.6 Å². The SMILES string of the molecule is O=C(Cl)c1cc(Oc2c(F)cc(C(F)(F)F)cc2Cl)ccc1[N+](=O)[O-].O=C(O)c1cc(Oc2c(F)cc(C(F)(F)F)cc2Cl)ccc1[N+](=O)[O-]. The third-order valence-corrected chi connectivity index (χ3v) is 6.63. The van der Waals surface area contributed by atoms with E-state index < -0.39 is 100 Å². The fourth-order valence-corrected chi connectivity index (χ4v) is 4.33. The molecule has 0 amide bonds. The molecule has 4 aromatic rings. The minimum Gasteiger partial charge on any atom is -0.477 e. The number of hydrogen-bond donors (Lipinski definition) is 1. The van der Waals surface area contributed by atoms with Crippen molar-refractivity contribution < 1.29 is 69.1 Å². The van der Waals surface area contributed by atoms with E-state index in [9.17, 15) is 64.9 Å². The number of nitrogens with zero attached hydrogens (tertiary/aromatic N) is 2. The van der Waals surface area contributed by atoms with Crippen LogP contribution in [0.2, 0.25) is 10.0 Å². The molecule has 0 saturated carbocycles. The van der Waals surface area contributed by atoms with Gasteiger partial charge in [0.25, 0.3) is 16.6 Å². The van der Waals surface area contributed by atoms with E-state index in [0.29, 0.717) is 12.1 Å². The summed E-state index contributed by atoms with van der Waals surface area (Å²) in [6.07, 6.45) is -9.64. The number of ether oxygens (including phenoxy) is 2. The number of carbonyl (C=O) groups excluding carboxylic acids is 1. The molecule has 4 aromatic carbocycles. The van der Waals surface area contributed by atoms with E-state index in [-0.39, 0.29) is 23.6 Å². The molecule has 0 heterocycles. The molecule has 264 valence electrons. The summed E-state index contributed by atoms with van der Waals surface area (Å²) in [4.78, 5) is 42.0. The van der Waals surface area contributed by atoms with Crippen LogP contribution in [-0.4, -0.2) is 26.2 Å². The predicted octanol–water partition coefficient (Wildman–Crippen LogP) is 10.5. The van der Waals surface area contributed by atoms with E-state index >= 15 is 0 Å². The summed E-state index contributed by atoms with van der Waals surface area (Å²) in [6, 6.07) is 6.45. The first kappa shape index (κ1) is 39.2. The first-order valence-electron chi connectivity index (χ1n) is 12.5. The molecule has 0 saturated heterocycles. The average molecular weight is 778 g/mol. The highest BCUT2D eigenvalue weighted by Crippen LogP contribution is 2.41. The Hall–Kier alpha value is -5.27. The summed E-state index contributed by atoms with van der Waals surface area (Å²) in [5, 5.41) is 28.0. The van der Waals surface area contributed by atoms with Gasteiger partial charge in [0.2, 0.25) is 0 Å². The zero-order valence-corrected chi connectivity index (χ0v) is 25.8. The van der Waals surface area contributed by atoms with Crippen molar-refractivity contribution in [2.24, 2.45) is 0 Å². The molecular weight excluding hydrogens is 767 g/mol. The normalized spacial score (nSPS) is 11.3. The lowest BCUT2D eigenvalue weighted by atomic mass is 10.1. The van der Waals surface area contributed by atoms with E-state index in [1.165, 1.54) is 0 Å². The highest BCUT2D eigenvalue weighted by molar-refractivity contribution is 6.68. The summed E-state index contributed by atoms with van der Waals surface area (Å²) >= 11 is 16.4. The van der Waals surface area contributed by atoms with Crippen LogP contribution in [0.15, 0.2) is 60.7 Å². The van der Waals surface area contributed by atoms with Crippen molar-refractivity contribution in [1.82, 2.24) is 0 Å². The molecule has 0 radical (unpaired) electrons. The lowest BCUT2D eigenvalue weighted by molar-refractivity contribution is -0.385. The number of nitro benzene ring substituents is 2. The number of carboxylic acids is 1. The number of benzene rings is 4. The second-order valence-corrected chi connectivity index (χ2v) is 10.3. The molecule has 0 aromatic heterocycles. The van der Waals surface area contributed by atoms with Crippen LogP contribution in [-0.2, 0) is 12.4 Å². The fourth-order valence-electron chi connectivity index (χ4n) is 3.68. The number of carbonyl (C=O) groups is 2. The Kier molecular flexibility index (Phi) is 11.8. The molecular formula is C28H11Cl3F8N2O9. The lowest BCUT2D eigenvalue weighted by Gasteiger charge is -2.12. The van der Waals surface area contributed by atoms with Crippen LogP contribution in [0.3, 0.4) is 0 Å². The second-order valence-electron chi connectivity index (χ2n) is 9.19. The van der Waals surface area contributed by atoms with Gasteiger partial charge in [-0.05, 0) is 54.1 Å². The third-order valence-electron chi connectivity index (χ3n) is 5.86. The molecule has 50 heavy (non-hydrogen) atoms. The minimum atomic E-state index is -4.83. The van der Waals surface area contributed by atoms with Gasteiger partial charge in [0.1, 0.15) is 22.6 Å². The number of carboxylic acid groups (broad SMARTS) is 1. The molecule has 11 nitrogen and oxygen atoms in total. The van der Waals surface area contributed by atoms with Crippen LogP contribution in [0.5, 0.6) is 23.0 Å². The number of aromatic carboxylic acids is 1. The van der Waals surface area contributed by atoms with Gasteiger partial charge >= 0.3 is 18.3 Å². The Morgan fingerprint density at radius 1 is 0.660 bits per heavy atom. The topological polar surface area (TPSA) is 159 Å². The monoisotopic (exact) mass is 776 g/mol. The zero-order valence-electron chi connectivity index (χ0n) is 23.5. The van der Waals surface area contributed by atoms with Crippen LogP contribution in [0.1, 0.15) is 31.8 Å². The summed E-state index contributed by atoms with van der Waals surface area (Å²) in [5.74, 6) is -6.64. The fraction of sp³-hybridized carbons (Fsp3) is 0.0714. The molecule has 0 aliphatic carbocycles. The number of alkyl halides is 6. The quantitative estimate of drug-likeness (QED) is 0.0795. The third kappa shape index (κ3) is 9.45. The Morgan fingerprint density at radius 2 is 1.02 bits per heavy atom. The predicted molar refractivity (Wildman–Crippen MR) is 156 cm³/mol. The standard InChI is InChI=1S/C14H5Cl2F4NO4.C14H6ClF4NO5/c15-9-3-6(14(18,19)20)4-10(17)12(9)25-7-1-2-11(21(23)24)8(5-7)13(16)22;15-9-3-6(14(17,18)19)4-10(16)12(9)25-7-1-2-11(20(23)24)8(5-7)13(21)22/h1-5H;1-5H,(H,21,22). The van der Waals surface area contributed by atoms with E-state index in [0.717, 1.165) is 36.4 Å². The summed E-state index contributed by atoms with van der Waals surface area (Å²) in [7, 11) is 0. The van der Waals surface area contributed by atoms with Crippen molar-refractivity contribution in [2.45, 2.75) is 12.4 Å². The molecule has 1 N–H and O–H groups in total. The minimum absolute atomic E-state index is 0.157. The summed E-state index contributed by atoms with van der Waals surface area (Å²) < 4.78 is 113. The van der Waals surface area contributed by atoms with Crippen LogP contribution in [0.4, 0.5) is 46.5 Å². The van der Waals surface area contributed by atoms with Crippen molar-refractivity contribution in [3.8, 4) is 23.0 Å². The second kappa shape index (κ2) is 15.1. The Labute approximate surface area is 286 Å². The van der Waals surface area contributed by atoms with Gasteiger partial charge in [-0.3, -0.25) is 25.0 Å². The lowest BCUT2D eigenvalue weighted by Crippen LogP contribution is -2.06. The molecule has 0 bridgehead atoms. The molecule has 4 rings (SSSR count). The van der Waals surface area contributed by atoms with Gasteiger partial charge in [0.05, 0.1) is 31.0 Å². The van der Waals surface area contributed by atoms with Gasteiger partial charge in [-0.1, -0.05) is 23.2 Å². The number of nitro groups is 2. The maximum absolute atomic E-state index is 13.9. The molecule has 0 fully saturated rings. The highest BCUT2D eigenvalue weighted by Gasteiger charge is 2.34. The largest absolute Gasteiger partial charge is 0.477 e. The van der Waals surface area contributed by atoms with Gasteiger partial charge in [-0.2, -0.15) is 26.3 Å². The van der Waals surface area contributed by atoms with Crippen LogP contribution in [0, 0.1) is 31.9 Å². The van der Waals surface area contributed by atoms with Crippen LogP contribution < -0.4 is 9.47 Å². The molecule has 0 aliphatic heterocycles. The van der Waals surface area contributed by atoms with Gasteiger partial charge in [0, 0.05) is 18.2 Å². The number of hydrogen-bond acceptors (Lipinski definition) is 8. The first-order chi connectivity index (χ1) is 23.0. The van der Waals surface area contributed by atoms with Crippen molar-refractivity contribution in [2.75, 3.05) is 0 Å². The van der Waals surface area contributed by atoms with Gasteiger partial charge in [0.15, 0.2) is 23.1 Å². The summed E-state index contributed by atoms with van der Waals surface area (Å²) in [6.45, 7) is 0. The van der Waals surface area contributed by atoms with Crippen molar-refractivity contribution in [3.63, 3.8) is 0 Å². The van der Waals surface area contributed by atoms with E-state index in [2.05, 4.69) is 0 Å².